The van der Waals surface area contributed by atoms with E-state index >= 15 is 0 Å². The Labute approximate surface area is 257 Å². The lowest BCUT2D eigenvalue weighted by molar-refractivity contribution is 0.101. The first-order valence-electron chi connectivity index (χ1n) is 13.1. The zero-order valence-electron chi connectivity index (χ0n) is 23.2. The number of amides is 2. The maximum Gasteiger partial charge on any atom is 0.353 e. The number of phenols is 1. The molecule has 0 spiro atoms. The lowest BCUT2D eigenvalue weighted by Crippen LogP contribution is -2.21. The smallest absolute Gasteiger partial charge is 0.353 e. The molecule has 2 aromatic carbocycles. The van der Waals surface area contributed by atoms with Gasteiger partial charge in [0.05, 0.1) is 10.8 Å². The number of aromatic hydroxyl groups is 2. The largest absolute Gasteiger partial charge is 0.507 e. The monoisotopic (exact) mass is 614 g/mol. The number of nitriles is 2. The molecular formula is C32H18N6O8. The van der Waals surface area contributed by atoms with Crippen LogP contribution >= 0.6 is 0 Å². The van der Waals surface area contributed by atoms with Gasteiger partial charge in [0, 0.05) is 0 Å². The van der Waals surface area contributed by atoms with E-state index in [4.69, 9.17) is 19.4 Å². The first kappa shape index (κ1) is 30.1. The van der Waals surface area contributed by atoms with Crippen LogP contribution in [0.3, 0.4) is 0 Å². The van der Waals surface area contributed by atoms with Crippen LogP contribution < -0.4 is 21.9 Å². The number of nitrogens with one attached hydrogen (secondary N) is 2. The fraction of sp³-hybridized carbons (Fsp3) is 0. The van der Waals surface area contributed by atoms with Crippen LogP contribution in [0.1, 0.15) is 32.1 Å². The zero-order chi connectivity index (χ0) is 32.8. The fourth-order valence-corrected chi connectivity index (χ4v) is 4.11. The summed E-state index contributed by atoms with van der Waals surface area (Å²) in [6.07, 6.45) is 0. The SMILES string of the molecule is N#Cc1cccc(NC(=O)c2c(O)c3ccccc3oc2=O)n1.N#Cc1cccc(NC(=O)c2cc3c(O)cccc3oc2=O)n1. The normalized spacial score (nSPS) is 10.2. The number of carbonyl (C=O) groups is 2. The summed E-state index contributed by atoms with van der Waals surface area (Å²) in [6, 6.07) is 24.7. The van der Waals surface area contributed by atoms with Gasteiger partial charge in [-0.15, -0.1) is 0 Å². The van der Waals surface area contributed by atoms with Crippen molar-refractivity contribution in [3.8, 4) is 23.6 Å². The molecule has 0 saturated carbocycles. The molecule has 14 nitrogen and oxygen atoms in total. The Kier molecular flexibility index (Phi) is 8.46. The van der Waals surface area contributed by atoms with E-state index in [1.165, 1.54) is 66.7 Å². The molecule has 6 rings (SSSR count). The molecule has 46 heavy (non-hydrogen) atoms. The van der Waals surface area contributed by atoms with Gasteiger partial charge in [-0.3, -0.25) is 9.59 Å². The summed E-state index contributed by atoms with van der Waals surface area (Å²) in [5, 5.41) is 42.8. The second-order valence-electron chi connectivity index (χ2n) is 9.19. The lowest BCUT2D eigenvalue weighted by Gasteiger charge is -2.07. The molecule has 0 saturated heterocycles. The van der Waals surface area contributed by atoms with Crippen molar-refractivity contribution in [2.75, 3.05) is 10.6 Å². The number of nitrogens with zero attached hydrogens (tertiary/aromatic N) is 4. The Bertz CT molecular complexity index is 2350. The second kappa shape index (κ2) is 12.9. The maximum atomic E-state index is 12.2. The van der Waals surface area contributed by atoms with Crippen molar-refractivity contribution in [3.63, 3.8) is 0 Å². The number of rotatable bonds is 4. The first-order chi connectivity index (χ1) is 22.2. The Morgan fingerprint density at radius 2 is 1.22 bits per heavy atom. The van der Waals surface area contributed by atoms with Gasteiger partial charge in [0.25, 0.3) is 11.8 Å². The molecule has 0 bridgehead atoms. The van der Waals surface area contributed by atoms with Gasteiger partial charge in [-0.2, -0.15) is 10.5 Å². The van der Waals surface area contributed by atoms with E-state index < -0.39 is 34.4 Å². The van der Waals surface area contributed by atoms with Gasteiger partial charge in [-0.1, -0.05) is 30.3 Å². The molecule has 0 aliphatic heterocycles. The number of hydrogen-bond acceptors (Lipinski definition) is 12. The van der Waals surface area contributed by atoms with E-state index in [1.54, 1.807) is 18.2 Å². The van der Waals surface area contributed by atoms with Gasteiger partial charge in [0.1, 0.15) is 63.4 Å². The van der Waals surface area contributed by atoms with E-state index in [2.05, 4.69) is 20.6 Å². The van der Waals surface area contributed by atoms with Crippen LogP contribution in [0, 0.1) is 22.7 Å². The highest BCUT2D eigenvalue weighted by Gasteiger charge is 2.21. The molecular weight excluding hydrogens is 596 g/mol. The number of aromatic nitrogens is 2. The summed E-state index contributed by atoms with van der Waals surface area (Å²) in [5.41, 5.74) is -2.00. The molecule has 0 aliphatic carbocycles. The van der Waals surface area contributed by atoms with E-state index in [-0.39, 0.29) is 56.3 Å². The van der Waals surface area contributed by atoms with Crippen molar-refractivity contribution in [2.45, 2.75) is 0 Å². The third-order valence-electron chi connectivity index (χ3n) is 6.22. The Balaban J connectivity index is 0.000000181. The Morgan fingerprint density at radius 1 is 0.674 bits per heavy atom. The van der Waals surface area contributed by atoms with E-state index in [0.717, 1.165) is 0 Å². The van der Waals surface area contributed by atoms with E-state index in [0.29, 0.717) is 0 Å². The number of anilines is 2. The van der Waals surface area contributed by atoms with E-state index in [9.17, 15) is 29.4 Å². The van der Waals surface area contributed by atoms with Crippen molar-refractivity contribution in [2.24, 2.45) is 0 Å². The average Bonchev–Trinajstić information content (AvgIpc) is 3.05. The molecule has 0 radical (unpaired) electrons. The molecule has 2 amide bonds. The third kappa shape index (κ3) is 6.36. The summed E-state index contributed by atoms with van der Waals surface area (Å²) in [5.74, 6) is -1.97. The summed E-state index contributed by atoms with van der Waals surface area (Å²) in [4.78, 5) is 56.1. The van der Waals surface area contributed by atoms with Gasteiger partial charge >= 0.3 is 11.3 Å². The van der Waals surface area contributed by atoms with Crippen molar-refractivity contribution >= 4 is 45.4 Å². The molecule has 4 aromatic heterocycles. The van der Waals surface area contributed by atoms with Crippen LogP contribution in [0.2, 0.25) is 0 Å². The predicted octanol–water partition coefficient (Wildman–Crippen LogP) is 4.04. The van der Waals surface area contributed by atoms with Crippen molar-refractivity contribution < 1.29 is 28.6 Å². The molecule has 0 aliphatic rings. The first-order valence-corrected chi connectivity index (χ1v) is 13.1. The molecule has 6 aromatic rings. The Morgan fingerprint density at radius 3 is 1.87 bits per heavy atom. The number of para-hydroxylation sites is 1. The number of benzene rings is 2. The second-order valence-corrected chi connectivity index (χ2v) is 9.19. The molecule has 0 fully saturated rings. The van der Waals surface area contributed by atoms with Crippen molar-refractivity contribution in [3.05, 3.63) is 128 Å². The number of pyridine rings is 2. The number of fused-ring (bicyclic) bond motifs is 2. The lowest BCUT2D eigenvalue weighted by atomic mass is 10.1. The number of hydrogen-bond donors (Lipinski definition) is 4. The van der Waals surface area contributed by atoms with Crippen LogP contribution in [-0.2, 0) is 0 Å². The van der Waals surface area contributed by atoms with Crippen LogP contribution in [0.25, 0.3) is 21.9 Å². The van der Waals surface area contributed by atoms with Gasteiger partial charge < -0.3 is 29.7 Å². The topological polar surface area (TPSA) is 232 Å². The highest BCUT2D eigenvalue weighted by Crippen LogP contribution is 2.26. The molecule has 224 valence electrons. The van der Waals surface area contributed by atoms with Gasteiger partial charge in [0.2, 0.25) is 0 Å². The van der Waals surface area contributed by atoms with Crippen molar-refractivity contribution in [1.82, 2.24) is 9.97 Å². The molecule has 4 heterocycles. The summed E-state index contributed by atoms with van der Waals surface area (Å²) in [6.45, 7) is 0. The summed E-state index contributed by atoms with van der Waals surface area (Å²) < 4.78 is 10.1. The molecule has 4 N–H and O–H groups in total. The molecule has 14 heteroatoms. The van der Waals surface area contributed by atoms with Crippen molar-refractivity contribution in [1.29, 1.82) is 10.5 Å². The Hall–Kier alpha value is -7.32. The van der Waals surface area contributed by atoms with Gasteiger partial charge in [-0.05, 0) is 54.6 Å². The van der Waals surface area contributed by atoms with Crippen LogP contribution in [-0.4, -0.2) is 32.0 Å². The van der Waals surface area contributed by atoms with Crippen LogP contribution in [0.5, 0.6) is 11.5 Å². The zero-order valence-corrected chi connectivity index (χ0v) is 23.2. The quantitative estimate of drug-likeness (QED) is 0.206. The standard InChI is InChI=1S/2C16H9N3O4/c17-8-9-3-1-6-14(18-9)19-15(21)11-7-10-12(20)4-2-5-13(10)23-16(11)22;17-8-9-4-3-7-12(18-9)19-15(21)13-14(20)10-5-1-2-6-11(10)23-16(13)22/h2*1-7,20H,(H,18,19,21). The summed E-state index contributed by atoms with van der Waals surface area (Å²) in [7, 11) is 0. The molecule has 0 atom stereocenters. The van der Waals surface area contributed by atoms with Gasteiger partial charge in [-0.25, -0.2) is 19.6 Å². The van der Waals surface area contributed by atoms with Gasteiger partial charge in [0.15, 0.2) is 5.56 Å². The van der Waals surface area contributed by atoms with Crippen LogP contribution in [0.4, 0.5) is 11.6 Å². The van der Waals surface area contributed by atoms with E-state index in [1.807, 2.05) is 12.1 Å². The minimum Gasteiger partial charge on any atom is -0.507 e. The predicted molar refractivity (Wildman–Crippen MR) is 162 cm³/mol. The molecule has 0 unspecified atom stereocenters. The maximum absolute atomic E-state index is 12.2. The van der Waals surface area contributed by atoms with Crippen LogP contribution in [0.15, 0.2) is 103 Å². The summed E-state index contributed by atoms with van der Waals surface area (Å²) >= 11 is 0. The minimum atomic E-state index is -0.963. The number of carbonyl (C=O) groups excluding carboxylic acids is 2. The average molecular weight is 615 g/mol. The highest BCUT2D eigenvalue weighted by molar-refractivity contribution is 6.08. The fourth-order valence-electron chi connectivity index (χ4n) is 4.11. The highest BCUT2D eigenvalue weighted by atomic mass is 16.4. The number of phenolic OH excluding ortho intramolecular Hbond substituents is 1. The third-order valence-corrected chi connectivity index (χ3v) is 6.22. The minimum absolute atomic E-state index is 0.0843.